The Balaban J connectivity index is 1.61. The van der Waals surface area contributed by atoms with Crippen LogP contribution in [0.4, 0.5) is 0 Å². The lowest BCUT2D eigenvalue weighted by Gasteiger charge is -2.13. The molecule has 0 aliphatic heterocycles. The van der Waals surface area contributed by atoms with Crippen LogP contribution in [0.2, 0.25) is 0 Å². The van der Waals surface area contributed by atoms with Crippen LogP contribution in [0.25, 0.3) is 11.3 Å². The fraction of sp³-hybridized carbons (Fsp3) is 0.238. The van der Waals surface area contributed by atoms with E-state index in [-0.39, 0.29) is 18.2 Å². The van der Waals surface area contributed by atoms with Crippen LogP contribution in [0, 0.1) is 0 Å². The van der Waals surface area contributed by atoms with Crippen LogP contribution in [-0.4, -0.2) is 47.0 Å². The summed E-state index contributed by atoms with van der Waals surface area (Å²) in [5.41, 5.74) is 7.40. The quantitative estimate of drug-likeness (QED) is 0.467. The minimum atomic E-state index is -0.691. The van der Waals surface area contributed by atoms with Crippen molar-refractivity contribution in [2.24, 2.45) is 5.73 Å². The summed E-state index contributed by atoms with van der Waals surface area (Å²) in [6.07, 6.45) is 0.741. The molecule has 156 valence electrons. The van der Waals surface area contributed by atoms with Crippen LogP contribution in [0.5, 0.6) is 11.5 Å². The average Bonchev–Trinajstić information content (AvgIpc) is 3.24. The van der Waals surface area contributed by atoms with E-state index in [1.165, 1.54) is 0 Å². The fourth-order valence-electron chi connectivity index (χ4n) is 2.83. The maximum absolute atomic E-state index is 12.1. The number of nitrogens with two attached hydrogens (primary N) is 1. The molecule has 0 fully saturated rings. The van der Waals surface area contributed by atoms with E-state index < -0.39 is 5.91 Å². The number of primary amides is 1. The summed E-state index contributed by atoms with van der Waals surface area (Å²) < 4.78 is 11.2. The summed E-state index contributed by atoms with van der Waals surface area (Å²) >= 11 is 0. The third kappa shape index (κ3) is 5.34. The van der Waals surface area contributed by atoms with Crippen molar-refractivity contribution in [3.8, 4) is 22.8 Å². The van der Waals surface area contributed by atoms with E-state index in [1.54, 1.807) is 18.2 Å². The van der Waals surface area contributed by atoms with Gasteiger partial charge in [-0.3, -0.25) is 9.59 Å². The molecule has 0 bridgehead atoms. The Morgan fingerprint density at radius 2 is 1.87 bits per heavy atom. The SMILES string of the molecule is CCOc1cc(-c2n[nH]nc2C(N)=O)ccc1OCC(=O)NCCc1ccccc1. The van der Waals surface area contributed by atoms with Crippen LogP contribution in [0.15, 0.2) is 48.5 Å². The molecule has 0 saturated heterocycles. The molecule has 4 N–H and O–H groups in total. The van der Waals surface area contributed by atoms with Crippen molar-refractivity contribution >= 4 is 11.8 Å². The van der Waals surface area contributed by atoms with E-state index >= 15 is 0 Å². The van der Waals surface area contributed by atoms with Crippen molar-refractivity contribution in [3.63, 3.8) is 0 Å². The Kier molecular flexibility index (Phi) is 6.99. The van der Waals surface area contributed by atoms with Gasteiger partial charge in [-0.2, -0.15) is 15.4 Å². The van der Waals surface area contributed by atoms with E-state index in [9.17, 15) is 9.59 Å². The van der Waals surface area contributed by atoms with Crippen molar-refractivity contribution in [3.05, 3.63) is 59.8 Å². The molecular weight excluding hydrogens is 386 g/mol. The predicted molar refractivity (Wildman–Crippen MR) is 110 cm³/mol. The van der Waals surface area contributed by atoms with Crippen LogP contribution < -0.4 is 20.5 Å². The zero-order valence-electron chi connectivity index (χ0n) is 16.6. The second-order valence-electron chi connectivity index (χ2n) is 6.35. The van der Waals surface area contributed by atoms with Gasteiger partial charge in [0.2, 0.25) is 0 Å². The third-order valence-electron chi connectivity index (χ3n) is 4.24. The lowest BCUT2D eigenvalue weighted by atomic mass is 10.1. The Hall–Kier alpha value is -3.88. The molecule has 0 radical (unpaired) electrons. The summed E-state index contributed by atoms with van der Waals surface area (Å²) in [6.45, 7) is 2.60. The van der Waals surface area contributed by atoms with Crippen LogP contribution >= 0.6 is 0 Å². The van der Waals surface area contributed by atoms with Gasteiger partial charge in [-0.25, -0.2) is 0 Å². The van der Waals surface area contributed by atoms with E-state index in [4.69, 9.17) is 15.2 Å². The smallest absolute Gasteiger partial charge is 0.271 e. The number of nitrogens with one attached hydrogen (secondary N) is 2. The zero-order valence-corrected chi connectivity index (χ0v) is 16.6. The largest absolute Gasteiger partial charge is 0.490 e. The number of ether oxygens (including phenoxy) is 2. The molecule has 0 spiro atoms. The minimum absolute atomic E-state index is 0.0314. The first kappa shape index (κ1) is 20.8. The predicted octanol–water partition coefficient (Wildman–Crippen LogP) is 1.71. The number of hydrogen-bond acceptors (Lipinski definition) is 6. The molecule has 3 aromatic rings. The summed E-state index contributed by atoms with van der Waals surface area (Å²) in [6, 6.07) is 14.9. The van der Waals surface area contributed by atoms with Gasteiger partial charge in [0.25, 0.3) is 11.8 Å². The molecule has 2 amide bonds. The molecule has 9 heteroatoms. The topological polar surface area (TPSA) is 132 Å². The number of aromatic nitrogens is 3. The first-order valence-corrected chi connectivity index (χ1v) is 9.49. The van der Waals surface area contributed by atoms with E-state index in [0.29, 0.717) is 35.9 Å². The zero-order chi connectivity index (χ0) is 21.3. The van der Waals surface area contributed by atoms with E-state index in [0.717, 1.165) is 12.0 Å². The Morgan fingerprint density at radius 1 is 1.07 bits per heavy atom. The monoisotopic (exact) mass is 409 g/mol. The number of H-pyrrole nitrogens is 1. The number of amides is 2. The lowest BCUT2D eigenvalue weighted by Crippen LogP contribution is -2.30. The maximum Gasteiger partial charge on any atom is 0.271 e. The molecule has 0 atom stereocenters. The molecule has 1 aromatic heterocycles. The second-order valence-corrected chi connectivity index (χ2v) is 6.35. The van der Waals surface area contributed by atoms with Crippen LogP contribution in [-0.2, 0) is 11.2 Å². The van der Waals surface area contributed by atoms with Gasteiger partial charge in [0, 0.05) is 12.1 Å². The van der Waals surface area contributed by atoms with Crippen molar-refractivity contribution in [2.75, 3.05) is 19.8 Å². The maximum atomic E-state index is 12.1. The summed E-state index contributed by atoms with van der Waals surface area (Å²) in [5.74, 6) is -0.0948. The second kappa shape index (κ2) is 10.1. The number of rotatable bonds is 10. The first-order valence-electron chi connectivity index (χ1n) is 9.49. The molecular formula is C21H23N5O4. The molecule has 2 aromatic carbocycles. The minimum Gasteiger partial charge on any atom is -0.490 e. The fourth-order valence-corrected chi connectivity index (χ4v) is 2.83. The van der Waals surface area contributed by atoms with Gasteiger partial charge in [-0.05, 0) is 37.1 Å². The molecule has 0 aliphatic carbocycles. The highest BCUT2D eigenvalue weighted by Crippen LogP contribution is 2.32. The molecule has 0 unspecified atom stereocenters. The highest BCUT2D eigenvalue weighted by atomic mass is 16.5. The van der Waals surface area contributed by atoms with Crippen LogP contribution in [0.3, 0.4) is 0 Å². The Morgan fingerprint density at radius 3 is 2.60 bits per heavy atom. The molecule has 0 aliphatic rings. The van der Waals surface area contributed by atoms with Crippen molar-refractivity contribution in [2.45, 2.75) is 13.3 Å². The van der Waals surface area contributed by atoms with Gasteiger partial charge in [0.1, 0.15) is 5.69 Å². The number of aromatic amines is 1. The van der Waals surface area contributed by atoms with Crippen LogP contribution in [0.1, 0.15) is 23.0 Å². The van der Waals surface area contributed by atoms with Gasteiger partial charge in [0.05, 0.1) is 6.61 Å². The van der Waals surface area contributed by atoms with Gasteiger partial charge in [0.15, 0.2) is 23.8 Å². The van der Waals surface area contributed by atoms with Crippen molar-refractivity contribution < 1.29 is 19.1 Å². The van der Waals surface area contributed by atoms with Gasteiger partial charge in [-0.1, -0.05) is 30.3 Å². The van der Waals surface area contributed by atoms with Gasteiger partial charge in [-0.15, -0.1) is 0 Å². The normalized spacial score (nSPS) is 10.4. The molecule has 3 rings (SSSR count). The van der Waals surface area contributed by atoms with Gasteiger partial charge < -0.3 is 20.5 Å². The first-order chi connectivity index (χ1) is 14.6. The molecule has 9 nitrogen and oxygen atoms in total. The number of nitrogens with zero attached hydrogens (tertiary/aromatic N) is 2. The number of hydrogen-bond donors (Lipinski definition) is 3. The Bertz CT molecular complexity index is 1000. The highest BCUT2D eigenvalue weighted by Gasteiger charge is 2.17. The Labute approximate surface area is 173 Å². The highest BCUT2D eigenvalue weighted by molar-refractivity contribution is 5.96. The van der Waals surface area contributed by atoms with Crippen molar-refractivity contribution in [1.29, 1.82) is 0 Å². The summed E-state index contributed by atoms with van der Waals surface area (Å²) in [5, 5.41) is 13.0. The summed E-state index contributed by atoms with van der Waals surface area (Å²) in [4.78, 5) is 23.6. The van der Waals surface area contributed by atoms with Crippen molar-refractivity contribution in [1.82, 2.24) is 20.7 Å². The molecule has 1 heterocycles. The number of carbonyl (C=O) groups is 2. The number of benzene rings is 2. The number of carbonyl (C=O) groups excluding carboxylic acids is 2. The molecule has 30 heavy (non-hydrogen) atoms. The standard InChI is InChI=1S/C21H23N5O4/c1-2-29-17-12-15(19-20(21(22)28)25-26-24-19)8-9-16(17)30-13-18(27)23-11-10-14-6-4-3-5-7-14/h3-9,12H,2,10-11,13H2,1H3,(H2,22,28)(H,23,27)(H,24,25,26). The average molecular weight is 409 g/mol. The molecule has 0 saturated carbocycles. The lowest BCUT2D eigenvalue weighted by molar-refractivity contribution is -0.123. The third-order valence-corrected chi connectivity index (χ3v) is 4.24. The van der Waals surface area contributed by atoms with E-state index in [2.05, 4.69) is 20.7 Å². The van der Waals surface area contributed by atoms with Gasteiger partial charge >= 0.3 is 0 Å². The van der Waals surface area contributed by atoms with E-state index in [1.807, 2.05) is 37.3 Å². The summed E-state index contributed by atoms with van der Waals surface area (Å²) in [7, 11) is 0.